The van der Waals surface area contributed by atoms with Crippen LogP contribution in [0.25, 0.3) is 0 Å². The van der Waals surface area contributed by atoms with Gasteiger partial charge in [0.2, 0.25) is 0 Å². The van der Waals surface area contributed by atoms with E-state index in [2.05, 4.69) is 22.9 Å². The fraction of sp³-hybridized carbons (Fsp3) is 0.750. The monoisotopic (exact) mass is 389 g/mol. The first-order chi connectivity index (χ1) is 10.2. The molecular formula is C16H24BrNO3S. The van der Waals surface area contributed by atoms with E-state index in [1.165, 1.54) is 0 Å². The summed E-state index contributed by atoms with van der Waals surface area (Å²) < 4.78 is 6.44. The van der Waals surface area contributed by atoms with Crippen LogP contribution < -0.4 is 0 Å². The van der Waals surface area contributed by atoms with E-state index in [-0.39, 0.29) is 17.8 Å². The summed E-state index contributed by atoms with van der Waals surface area (Å²) in [6.45, 7) is 8.91. The Labute approximate surface area is 145 Å². The maximum atomic E-state index is 12.6. The Bertz CT molecular complexity index is 490. The highest BCUT2D eigenvalue weighted by molar-refractivity contribution is 9.11. The Kier molecular flexibility index (Phi) is 5.64. The Morgan fingerprint density at radius 2 is 1.86 bits per heavy atom. The first-order valence-electron chi connectivity index (χ1n) is 7.73. The number of amides is 1. The van der Waals surface area contributed by atoms with Gasteiger partial charge in [-0.15, -0.1) is 11.8 Å². The number of likely N-dealkylation sites (tertiary alicyclic amines) is 1. The number of nitrogens with zero attached hydrogens (tertiary/aromatic N) is 1. The quantitative estimate of drug-likeness (QED) is 0.709. The van der Waals surface area contributed by atoms with Crippen LogP contribution in [0.4, 0.5) is 4.79 Å². The van der Waals surface area contributed by atoms with E-state index in [1.54, 1.807) is 16.7 Å². The third-order valence-corrected chi connectivity index (χ3v) is 6.69. The minimum absolute atomic E-state index is 0.0269. The molecule has 0 saturated carbocycles. The Morgan fingerprint density at radius 1 is 1.27 bits per heavy atom. The molecule has 2 aliphatic heterocycles. The summed E-state index contributed by atoms with van der Waals surface area (Å²) in [5, 5.41) is 0. The molecule has 1 fully saturated rings. The van der Waals surface area contributed by atoms with Crippen molar-refractivity contribution < 1.29 is 14.3 Å². The molecule has 1 atom stereocenters. The lowest BCUT2D eigenvalue weighted by atomic mass is 9.92. The van der Waals surface area contributed by atoms with Crippen molar-refractivity contribution in [3.05, 3.63) is 9.39 Å². The van der Waals surface area contributed by atoms with Gasteiger partial charge in [0.05, 0.1) is 4.91 Å². The second kappa shape index (κ2) is 6.95. The summed E-state index contributed by atoms with van der Waals surface area (Å²) in [6, 6.07) is 0. The molecule has 2 heterocycles. The molecule has 0 bridgehead atoms. The highest BCUT2D eigenvalue weighted by atomic mass is 79.9. The zero-order valence-electron chi connectivity index (χ0n) is 13.6. The molecule has 6 heteroatoms. The van der Waals surface area contributed by atoms with Gasteiger partial charge in [0, 0.05) is 29.2 Å². The zero-order chi connectivity index (χ0) is 16.5. The number of Topliss-reactive ketones (excluding diaryl/α,β-unsaturated/α-hetero) is 1. The molecule has 1 saturated heterocycles. The van der Waals surface area contributed by atoms with Crippen LogP contribution >= 0.6 is 27.7 Å². The molecule has 0 spiro atoms. The predicted octanol–water partition coefficient (Wildman–Crippen LogP) is 4.19. The van der Waals surface area contributed by atoms with Crippen LogP contribution in [-0.4, -0.2) is 41.2 Å². The molecule has 0 aromatic carbocycles. The van der Waals surface area contributed by atoms with Crippen molar-refractivity contribution in [2.24, 2.45) is 11.8 Å². The van der Waals surface area contributed by atoms with E-state index >= 15 is 0 Å². The number of piperidine rings is 1. The Morgan fingerprint density at radius 3 is 2.32 bits per heavy atom. The molecule has 0 aromatic rings. The van der Waals surface area contributed by atoms with Crippen LogP contribution in [0.15, 0.2) is 9.39 Å². The maximum Gasteiger partial charge on any atom is 0.410 e. The molecule has 2 rings (SSSR count). The van der Waals surface area contributed by atoms with Crippen molar-refractivity contribution in [3.63, 3.8) is 0 Å². The number of allylic oxidation sites excluding steroid dienone is 2. The molecule has 22 heavy (non-hydrogen) atoms. The SMILES string of the molecule is CC1CSC(C(=O)C2CCN(C(=O)OC(C)(C)C)CC2)=C1Br. The van der Waals surface area contributed by atoms with Crippen molar-refractivity contribution in [1.29, 1.82) is 0 Å². The lowest BCUT2D eigenvalue weighted by Gasteiger charge is -2.33. The highest BCUT2D eigenvalue weighted by Crippen LogP contribution is 2.41. The van der Waals surface area contributed by atoms with Gasteiger partial charge in [-0.1, -0.05) is 22.9 Å². The molecule has 0 radical (unpaired) electrons. The van der Waals surface area contributed by atoms with Crippen LogP contribution in [0, 0.1) is 11.8 Å². The molecule has 2 aliphatic rings. The number of rotatable bonds is 2. The van der Waals surface area contributed by atoms with Crippen molar-refractivity contribution in [3.8, 4) is 0 Å². The van der Waals surface area contributed by atoms with Gasteiger partial charge in [0.15, 0.2) is 5.78 Å². The van der Waals surface area contributed by atoms with E-state index in [4.69, 9.17) is 4.74 Å². The molecule has 124 valence electrons. The molecule has 0 N–H and O–H groups in total. The van der Waals surface area contributed by atoms with Crippen LogP contribution in [-0.2, 0) is 9.53 Å². The smallest absolute Gasteiger partial charge is 0.410 e. The van der Waals surface area contributed by atoms with Gasteiger partial charge in [-0.25, -0.2) is 4.79 Å². The maximum absolute atomic E-state index is 12.6. The normalized spacial score (nSPS) is 23.9. The molecule has 1 unspecified atom stereocenters. The zero-order valence-corrected chi connectivity index (χ0v) is 16.1. The molecule has 0 aliphatic carbocycles. The first kappa shape index (κ1) is 17.9. The van der Waals surface area contributed by atoms with Gasteiger partial charge in [0.25, 0.3) is 0 Å². The fourth-order valence-corrected chi connectivity index (χ4v) is 4.75. The van der Waals surface area contributed by atoms with Crippen LogP contribution in [0.2, 0.25) is 0 Å². The third-order valence-electron chi connectivity index (χ3n) is 3.87. The number of hydrogen-bond donors (Lipinski definition) is 0. The van der Waals surface area contributed by atoms with E-state index < -0.39 is 5.60 Å². The highest BCUT2D eigenvalue weighted by Gasteiger charge is 2.34. The first-order valence-corrected chi connectivity index (χ1v) is 9.51. The summed E-state index contributed by atoms with van der Waals surface area (Å²) in [5.41, 5.74) is -0.476. The molecular weight excluding hydrogens is 366 g/mol. The lowest BCUT2D eigenvalue weighted by molar-refractivity contribution is -0.119. The van der Waals surface area contributed by atoms with Crippen LogP contribution in [0.3, 0.4) is 0 Å². The van der Waals surface area contributed by atoms with Gasteiger partial charge >= 0.3 is 6.09 Å². The van der Waals surface area contributed by atoms with Crippen molar-refractivity contribution in [1.82, 2.24) is 4.90 Å². The third kappa shape index (κ3) is 4.28. The van der Waals surface area contributed by atoms with Crippen LogP contribution in [0.1, 0.15) is 40.5 Å². The Hall–Kier alpha value is -0.490. The summed E-state index contributed by atoms with van der Waals surface area (Å²) in [6.07, 6.45) is 1.16. The average molecular weight is 390 g/mol. The van der Waals surface area contributed by atoms with Crippen molar-refractivity contribution in [2.75, 3.05) is 18.8 Å². The van der Waals surface area contributed by atoms with Crippen molar-refractivity contribution in [2.45, 2.75) is 46.1 Å². The largest absolute Gasteiger partial charge is 0.444 e. The predicted molar refractivity (Wildman–Crippen MR) is 93.1 cm³/mol. The topological polar surface area (TPSA) is 46.6 Å². The minimum atomic E-state index is -0.476. The van der Waals surface area contributed by atoms with Crippen molar-refractivity contribution >= 4 is 39.6 Å². The summed E-state index contributed by atoms with van der Waals surface area (Å²) in [5.74, 6) is 1.66. The number of hydrogen-bond acceptors (Lipinski definition) is 4. The second-order valence-electron chi connectivity index (χ2n) is 7.00. The molecule has 0 aromatic heterocycles. The van der Waals surface area contributed by atoms with Gasteiger partial charge < -0.3 is 9.64 Å². The number of carbonyl (C=O) groups excluding carboxylic acids is 2. The average Bonchev–Trinajstić information content (AvgIpc) is 2.76. The second-order valence-corrected chi connectivity index (χ2v) is 8.88. The molecule has 4 nitrogen and oxygen atoms in total. The number of ketones is 1. The van der Waals surface area contributed by atoms with E-state index in [9.17, 15) is 9.59 Å². The standard InChI is InChI=1S/C16H24BrNO3S/c1-10-9-22-14(12(10)17)13(19)11-5-7-18(8-6-11)15(20)21-16(2,3)4/h10-11H,5-9H2,1-4H3. The lowest BCUT2D eigenvalue weighted by Crippen LogP contribution is -2.43. The number of thioether (sulfide) groups is 1. The van der Waals surface area contributed by atoms with E-state index in [1.807, 2.05) is 20.8 Å². The van der Waals surface area contributed by atoms with Gasteiger partial charge in [0.1, 0.15) is 5.60 Å². The Balaban J connectivity index is 1.90. The van der Waals surface area contributed by atoms with E-state index in [0.717, 1.165) is 28.0 Å². The minimum Gasteiger partial charge on any atom is -0.444 e. The van der Waals surface area contributed by atoms with Crippen LogP contribution in [0.5, 0.6) is 0 Å². The number of ether oxygens (including phenoxy) is 1. The van der Waals surface area contributed by atoms with Gasteiger partial charge in [-0.2, -0.15) is 0 Å². The summed E-state index contributed by atoms with van der Waals surface area (Å²) in [4.78, 5) is 27.3. The number of halogens is 1. The van der Waals surface area contributed by atoms with E-state index in [0.29, 0.717) is 19.0 Å². The fourth-order valence-electron chi connectivity index (χ4n) is 2.60. The molecule has 1 amide bonds. The number of carbonyl (C=O) groups is 2. The van der Waals surface area contributed by atoms with Gasteiger partial charge in [-0.3, -0.25) is 4.79 Å². The summed E-state index contributed by atoms with van der Waals surface area (Å²) in [7, 11) is 0. The summed E-state index contributed by atoms with van der Waals surface area (Å²) >= 11 is 5.21. The van der Waals surface area contributed by atoms with Gasteiger partial charge in [-0.05, 0) is 39.5 Å².